The minimum atomic E-state index is -0.318. The summed E-state index contributed by atoms with van der Waals surface area (Å²) in [7, 11) is 3.01. The van der Waals surface area contributed by atoms with E-state index in [1.54, 1.807) is 29.5 Å². The van der Waals surface area contributed by atoms with Gasteiger partial charge in [-0.25, -0.2) is 4.98 Å². The largest absolute Gasteiger partial charge is 0.495 e. The lowest BCUT2D eigenvalue weighted by atomic mass is 10.2. The van der Waals surface area contributed by atoms with Crippen LogP contribution in [0.15, 0.2) is 47.9 Å². The third-order valence-corrected chi connectivity index (χ3v) is 5.19. The van der Waals surface area contributed by atoms with E-state index < -0.39 is 0 Å². The molecule has 1 aromatic heterocycles. The summed E-state index contributed by atoms with van der Waals surface area (Å²) in [6.07, 6.45) is 3.14. The third-order valence-electron chi connectivity index (χ3n) is 4.07. The molecule has 0 aliphatic heterocycles. The Morgan fingerprint density at radius 1 is 1.20 bits per heavy atom. The van der Waals surface area contributed by atoms with Gasteiger partial charge in [0.1, 0.15) is 23.9 Å². The fourth-order valence-electron chi connectivity index (χ4n) is 2.64. The number of methoxy groups -OCH3 is 2. The quantitative estimate of drug-likeness (QED) is 0.474. The molecular formula is C22H21ClN2O4S. The van der Waals surface area contributed by atoms with Crippen molar-refractivity contribution in [2.45, 2.75) is 13.5 Å². The molecule has 0 radical (unpaired) electrons. The van der Waals surface area contributed by atoms with E-state index in [9.17, 15) is 4.79 Å². The number of aromatic nitrogens is 1. The van der Waals surface area contributed by atoms with E-state index in [0.29, 0.717) is 34.6 Å². The van der Waals surface area contributed by atoms with Gasteiger partial charge < -0.3 is 19.5 Å². The van der Waals surface area contributed by atoms with E-state index in [-0.39, 0.29) is 5.91 Å². The molecule has 0 unspecified atom stereocenters. The van der Waals surface area contributed by atoms with Gasteiger partial charge in [0.25, 0.3) is 0 Å². The van der Waals surface area contributed by atoms with Crippen molar-refractivity contribution >= 4 is 40.6 Å². The molecule has 3 rings (SSSR count). The van der Waals surface area contributed by atoms with Gasteiger partial charge in [0.15, 0.2) is 0 Å². The van der Waals surface area contributed by atoms with Gasteiger partial charge in [0.05, 0.1) is 35.6 Å². The Bertz CT molecular complexity index is 1070. The first-order valence-electron chi connectivity index (χ1n) is 9.03. The molecule has 1 amide bonds. The highest BCUT2D eigenvalue weighted by Gasteiger charge is 2.11. The van der Waals surface area contributed by atoms with Crippen LogP contribution in [0.1, 0.15) is 16.3 Å². The molecule has 8 heteroatoms. The van der Waals surface area contributed by atoms with Crippen molar-refractivity contribution in [2.24, 2.45) is 0 Å². The molecular weight excluding hydrogens is 424 g/mol. The first-order valence-corrected chi connectivity index (χ1v) is 10.3. The molecule has 156 valence electrons. The predicted octanol–water partition coefficient (Wildman–Crippen LogP) is 5.35. The molecule has 3 aromatic rings. The number of ether oxygens (including phenoxy) is 3. The summed E-state index contributed by atoms with van der Waals surface area (Å²) in [6, 6.07) is 10.7. The molecule has 1 heterocycles. The minimum absolute atomic E-state index is 0.318. The van der Waals surface area contributed by atoms with E-state index >= 15 is 0 Å². The average Bonchev–Trinajstić information content (AvgIpc) is 3.17. The Labute approximate surface area is 184 Å². The van der Waals surface area contributed by atoms with Crippen LogP contribution >= 0.6 is 22.9 Å². The number of anilines is 1. The third kappa shape index (κ3) is 5.75. The lowest BCUT2D eigenvalue weighted by Gasteiger charge is -2.12. The van der Waals surface area contributed by atoms with Gasteiger partial charge in [-0.2, -0.15) is 0 Å². The number of nitrogens with one attached hydrogen (secondary N) is 1. The van der Waals surface area contributed by atoms with E-state index in [1.807, 2.05) is 36.6 Å². The predicted molar refractivity (Wildman–Crippen MR) is 120 cm³/mol. The fraction of sp³-hybridized carbons (Fsp3) is 0.182. The van der Waals surface area contributed by atoms with Crippen LogP contribution < -0.4 is 19.5 Å². The van der Waals surface area contributed by atoms with Crippen molar-refractivity contribution in [3.8, 4) is 17.2 Å². The van der Waals surface area contributed by atoms with Crippen molar-refractivity contribution in [1.82, 2.24) is 4.98 Å². The highest BCUT2D eigenvalue weighted by molar-refractivity contribution is 7.09. The van der Waals surface area contributed by atoms with Crippen LogP contribution in [-0.4, -0.2) is 25.1 Å². The monoisotopic (exact) mass is 444 g/mol. The Kier molecular flexibility index (Phi) is 7.32. The number of thiazole rings is 1. The second kappa shape index (κ2) is 10.1. The first-order chi connectivity index (χ1) is 14.5. The molecule has 0 spiro atoms. The summed E-state index contributed by atoms with van der Waals surface area (Å²) in [5.41, 5.74) is 2.19. The number of carbonyl (C=O) groups excluding carboxylic acids is 1. The number of halogens is 1. The van der Waals surface area contributed by atoms with Gasteiger partial charge in [0.2, 0.25) is 5.91 Å². The standard InChI is InChI=1S/C22H21ClN2O4S/c1-14-24-16(13-30-14)12-29-17-6-4-5-15(9-17)7-8-22(26)25-19-11-20(27-2)18(23)10-21(19)28-3/h4-11,13H,12H2,1-3H3,(H,25,26). The molecule has 0 aliphatic carbocycles. The molecule has 0 saturated carbocycles. The SMILES string of the molecule is COc1cc(NC(=O)C=Cc2cccc(OCc3csc(C)n3)c2)c(OC)cc1Cl. The number of nitrogens with zero attached hydrogens (tertiary/aromatic N) is 1. The zero-order valence-electron chi connectivity index (χ0n) is 16.8. The van der Waals surface area contributed by atoms with Crippen LogP contribution in [0.2, 0.25) is 5.02 Å². The number of amides is 1. The lowest BCUT2D eigenvalue weighted by molar-refractivity contribution is -0.111. The molecule has 0 aliphatic rings. The average molecular weight is 445 g/mol. The number of benzene rings is 2. The van der Waals surface area contributed by atoms with E-state index in [4.69, 9.17) is 25.8 Å². The van der Waals surface area contributed by atoms with E-state index in [0.717, 1.165) is 16.3 Å². The normalized spacial score (nSPS) is 10.8. The Morgan fingerprint density at radius 2 is 2.00 bits per heavy atom. The Balaban J connectivity index is 1.65. The number of aryl methyl sites for hydroxylation is 1. The molecule has 0 bridgehead atoms. The van der Waals surface area contributed by atoms with Gasteiger partial charge in [-0.1, -0.05) is 23.7 Å². The van der Waals surface area contributed by atoms with Gasteiger partial charge in [-0.15, -0.1) is 11.3 Å². The van der Waals surface area contributed by atoms with Crippen molar-refractivity contribution in [1.29, 1.82) is 0 Å². The summed E-state index contributed by atoms with van der Waals surface area (Å²) in [6.45, 7) is 2.36. The van der Waals surface area contributed by atoms with Crippen molar-refractivity contribution in [3.05, 3.63) is 69.1 Å². The van der Waals surface area contributed by atoms with Crippen LogP contribution in [0.5, 0.6) is 17.2 Å². The molecule has 1 N–H and O–H groups in total. The minimum Gasteiger partial charge on any atom is -0.495 e. The number of hydrogen-bond donors (Lipinski definition) is 1. The smallest absolute Gasteiger partial charge is 0.248 e. The summed E-state index contributed by atoms with van der Waals surface area (Å²) in [5.74, 6) is 1.27. The maximum absolute atomic E-state index is 12.4. The summed E-state index contributed by atoms with van der Waals surface area (Å²) in [4.78, 5) is 16.7. The highest BCUT2D eigenvalue weighted by Crippen LogP contribution is 2.35. The maximum atomic E-state index is 12.4. The van der Waals surface area contributed by atoms with E-state index in [1.165, 1.54) is 20.3 Å². The second-order valence-corrected chi connectivity index (χ2v) is 7.70. The summed E-state index contributed by atoms with van der Waals surface area (Å²) in [5, 5.41) is 6.15. The Morgan fingerprint density at radius 3 is 2.70 bits per heavy atom. The van der Waals surface area contributed by atoms with Crippen LogP contribution in [0.3, 0.4) is 0 Å². The van der Waals surface area contributed by atoms with Gasteiger partial charge in [-0.05, 0) is 30.7 Å². The molecule has 0 fully saturated rings. The van der Waals surface area contributed by atoms with Crippen LogP contribution in [0.4, 0.5) is 5.69 Å². The number of rotatable bonds is 8. The fourth-order valence-corrected chi connectivity index (χ4v) is 3.47. The number of carbonyl (C=O) groups is 1. The summed E-state index contributed by atoms with van der Waals surface area (Å²) < 4.78 is 16.2. The highest BCUT2D eigenvalue weighted by atomic mass is 35.5. The van der Waals surface area contributed by atoms with E-state index in [2.05, 4.69) is 10.3 Å². The van der Waals surface area contributed by atoms with Crippen molar-refractivity contribution in [3.63, 3.8) is 0 Å². The van der Waals surface area contributed by atoms with Crippen LogP contribution in [-0.2, 0) is 11.4 Å². The zero-order valence-corrected chi connectivity index (χ0v) is 18.3. The zero-order chi connectivity index (χ0) is 21.5. The van der Waals surface area contributed by atoms with Gasteiger partial charge in [-0.3, -0.25) is 4.79 Å². The second-order valence-electron chi connectivity index (χ2n) is 6.23. The van der Waals surface area contributed by atoms with Gasteiger partial charge in [0, 0.05) is 23.6 Å². The Hall–Kier alpha value is -3.03. The van der Waals surface area contributed by atoms with Gasteiger partial charge >= 0.3 is 0 Å². The van der Waals surface area contributed by atoms with Crippen LogP contribution in [0, 0.1) is 6.92 Å². The van der Waals surface area contributed by atoms with Crippen LogP contribution in [0.25, 0.3) is 6.08 Å². The molecule has 0 saturated heterocycles. The first kappa shape index (κ1) is 21.7. The maximum Gasteiger partial charge on any atom is 0.248 e. The molecule has 6 nitrogen and oxygen atoms in total. The molecule has 0 atom stereocenters. The number of hydrogen-bond acceptors (Lipinski definition) is 6. The lowest BCUT2D eigenvalue weighted by Crippen LogP contribution is -2.09. The van der Waals surface area contributed by atoms with Crippen molar-refractivity contribution in [2.75, 3.05) is 19.5 Å². The molecule has 2 aromatic carbocycles. The topological polar surface area (TPSA) is 69.7 Å². The van der Waals surface area contributed by atoms with Crippen molar-refractivity contribution < 1.29 is 19.0 Å². The molecule has 30 heavy (non-hydrogen) atoms. The summed E-state index contributed by atoms with van der Waals surface area (Å²) >= 11 is 7.68.